The molecule has 0 amide bonds. The second-order valence-corrected chi connectivity index (χ2v) is 4.83. The molecule has 2 heterocycles. The minimum Gasteiger partial charge on any atom is -0.383 e. The third kappa shape index (κ3) is 2.80. The van der Waals surface area contributed by atoms with E-state index in [-0.39, 0.29) is 10.0 Å². The van der Waals surface area contributed by atoms with Crippen LogP contribution in [0.5, 0.6) is 0 Å². The lowest BCUT2D eigenvalue weighted by Gasteiger charge is -2.07. The quantitative estimate of drug-likeness (QED) is 0.865. The number of hydrogen-bond acceptors (Lipinski definition) is 4. The minimum atomic E-state index is -4.50. The molecule has 0 aliphatic carbocycles. The molecule has 0 spiro atoms. The van der Waals surface area contributed by atoms with Crippen molar-refractivity contribution >= 4 is 22.9 Å². The molecule has 8 heteroatoms. The molecule has 1 unspecified atom stereocenters. The Morgan fingerprint density at radius 2 is 1.94 bits per heavy atom. The summed E-state index contributed by atoms with van der Waals surface area (Å²) in [6.07, 6.45) is -3.38. The maximum absolute atomic E-state index is 12.4. The van der Waals surface area contributed by atoms with E-state index in [1.807, 2.05) is 0 Å². The van der Waals surface area contributed by atoms with Crippen LogP contribution in [0.3, 0.4) is 0 Å². The highest BCUT2D eigenvalue weighted by atomic mass is 35.5. The van der Waals surface area contributed by atoms with Crippen LogP contribution in [0.25, 0.3) is 0 Å². The van der Waals surface area contributed by atoms with Crippen LogP contribution in [0, 0.1) is 0 Å². The van der Waals surface area contributed by atoms with Crippen molar-refractivity contribution in [3.63, 3.8) is 0 Å². The molecule has 0 saturated heterocycles. The number of aliphatic hydroxyl groups excluding tert-OH is 1. The summed E-state index contributed by atoms with van der Waals surface area (Å²) < 4.78 is 37.1. The van der Waals surface area contributed by atoms with E-state index in [0.717, 1.165) is 6.20 Å². The molecule has 18 heavy (non-hydrogen) atoms. The van der Waals surface area contributed by atoms with Crippen molar-refractivity contribution in [3.05, 3.63) is 45.1 Å². The summed E-state index contributed by atoms with van der Waals surface area (Å²) in [4.78, 5) is 7.09. The van der Waals surface area contributed by atoms with Crippen LogP contribution in [-0.2, 0) is 6.18 Å². The molecule has 2 aromatic rings. The van der Waals surface area contributed by atoms with Crippen LogP contribution < -0.4 is 0 Å². The lowest BCUT2D eigenvalue weighted by Crippen LogP contribution is -2.03. The van der Waals surface area contributed by atoms with Gasteiger partial charge in [0.25, 0.3) is 0 Å². The van der Waals surface area contributed by atoms with E-state index in [9.17, 15) is 18.3 Å². The summed E-state index contributed by atoms with van der Waals surface area (Å²) >= 11 is 5.98. The zero-order valence-corrected chi connectivity index (χ0v) is 10.2. The van der Waals surface area contributed by atoms with E-state index >= 15 is 0 Å². The maximum atomic E-state index is 12.4. The molecule has 2 rings (SSSR count). The van der Waals surface area contributed by atoms with Crippen LogP contribution in [0.4, 0.5) is 13.2 Å². The maximum Gasteiger partial charge on any atom is 0.443 e. The Morgan fingerprint density at radius 3 is 2.44 bits per heavy atom. The summed E-state index contributed by atoms with van der Waals surface area (Å²) in [5.74, 6) is 0. The third-order valence-corrected chi connectivity index (χ3v) is 3.42. The highest BCUT2D eigenvalue weighted by Gasteiger charge is 2.35. The summed E-state index contributed by atoms with van der Waals surface area (Å²) in [6.45, 7) is 0. The van der Waals surface area contributed by atoms with Gasteiger partial charge in [-0.25, -0.2) is 9.97 Å². The van der Waals surface area contributed by atoms with Gasteiger partial charge in [0.1, 0.15) is 11.3 Å². The predicted molar refractivity (Wildman–Crippen MR) is 60.4 cm³/mol. The van der Waals surface area contributed by atoms with Crippen LogP contribution in [0.2, 0.25) is 5.15 Å². The van der Waals surface area contributed by atoms with Gasteiger partial charge in [-0.1, -0.05) is 17.7 Å². The number of aromatic nitrogens is 2. The van der Waals surface area contributed by atoms with Crippen LogP contribution >= 0.6 is 22.9 Å². The summed E-state index contributed by atoms with van der Waals surface area (Å²) in [6, 6.07) is 2.94. The second-order valence-electron chi connectivity index (χ2n) is 3.38. The second kappa shape index (κ2) is 4.83. The lowest BCUT2D eigenvalue weighted by molar-refractivity contribution is -0.137. The van der Waals surface area contributed by atoms with Crippen LogP contribution in [0.15, 0.2) is 24.5 Å². The zero-order valence-electron chi connectivity index (χ0n) is 8.65. The van der Waals surface area contributed by atoms with Crippen LogP contribution in [-0.4, -0.2) is 15.1 Å². The van der Waals surface area contributed by atoms with Gasteiger partial charge in [-0.05, 0) is 6.07 Å². The van der Waals surface area contributed by atoms with E-state index < -0.39 is 17.3 Å². The molecule has 0 saturated carbocycles. The Labute approximate surface area is 109 Å². The van der Waals surface area contributed by atoms with E-state index in [1.54, 1.807) is 0 Å². The normalized spacial score (nSPS) is 13.6. The highest BCUT2D eigenvalue weighted by molar-refractivity contribution is 7.11. The van der Waals surface area contributed by atoms with Crippen molar-refractivity contribution in [1.82, 2.24) is 9.97 Å². The van der Waals surface area contributed by atoms with Gasteiger partial charge < -0.3 is 5.11 Å². The first-order valence-corrected chi connectivity index (χ1v) is 5.90. The Morgan fingerprint density at radius 1 is 1.22 bits per heavy atom. The molecule has 2 aromatic heterocycles. The van der Waals surface area contributed by atoms with Crippen molar-refractivity contribution in [1.29, 1.82) is 0 Å². The van der Waals surface area contributed by atoms with Gasteiger partial charge in [0.15, 0.2) is 5.01 Å². The fraction of sp³-hybridized carbons (Fsp3) is 0.200. The predicted octanol–water partition coefficient (Wildman–Crippen LogP) is 3.29. The number of alkyl halides is 3. The Kier molecular flexibility index (Phi) is 3.56. The standard InChI is InChI=1S/C10H6ClF3N2OS/c11-7-2-1-5(3-15-7)8(17)6-4-16-9(18-6)10(12,13)14/h1-4,8,17H. The molecule has 0 aliphatic heterocycles. The molecule has 0 aromatic carbocycles. The van der Waals surface area contributed by atoms with E-state index in [1.165, 1.54) is 18.3 Å². The van der Waals surface area contributed by atoms with Gasteiger partial charge in [0.05, 0.1) is 4.88 Å². The SMILES string of the molecule is OC(c1ccc(Cl)nc1)c1cnc(C(F)(F)F)s1. The molecule has 0 aliphatic rings. The molecule has 3 nitrogen and oxygen atoms in total. The summed E-state index contributed by atoms with van der Waals surface area (Å²) in [5, 5.41) is 9.14. The summed E-state index contributed by atoms with van der Waals surface area (Å²) in [5.41, 5.74) is 0.358. The molecule has 96 valence electrons. The summed E-state index contributed by atoms with van der Waals surface area (Å²) in [7, 11) is 0. The van der Waals surface area contributed by atoms with E-state index in [2.05, 4.69) is 9.97 Å². The van der Waals surface area contributed by atoms with Crippen LogP contribution in [0.1, 0.15) is 21.6 Å². The number of halogens is 4. The first-order valence-electron chi connectivity index (χ1n) is 4.70. The van der Waals surface area contributed by atoms with Crippen molar-refractivity contribution in [2.45, 2.75) is 12.3 Å². The molecule has 1 atom stereocenters. The number of hydrogen-bond donors (Lipinski definition) is 1. The minimum absolute atomic E-state index is 0.103. The van der Waals surface area contributed by atoms with Crippen molar-refractivity contribution in [2.24, 2.45) is 0 Å². The Hall–Kier alpha value is -1.18. The monoisotopic (exact) mass is 294 g/mol. The number of rotatable bonds is 2. The van der Waals surface area contributed by atoms with E-state index in [4.69, 9.17) is 11.6 Å². The highest BCUT2D eigenvalue weighted by Crippen LogP contribution is 2.35. The first-order chi connectivity index (χ1) is 8.38. The van der Waals surface area contributed by atoms with E-state index in [0.29, 0.717) is 16.9 Å². The fourth-order valence-electron chi connectivity index (χ4n) is 1.26. The molecular weight excluding hydrogens is 289 g/mol. The average Bonchev–Trinajstić information content (AvgIpc) is 2.78. The van der Waals surface area contributed by atoms with Gasteiger partial charge >= 0.3 is 6.18 Å². The molecule has 0 bridgehead atoms. The van der Waals surface area contributed by atoms with Crippen molar-refractivity contribution in [3.8, 4) is 0 Å². The molecule has 0 fully saturated rings. The number of pyridine rings is 1. The zero-order chi connectivity index (χ0) is 13.3. The van der Waals surface area contributed by atoms with Gasteiger partial charge in [-0.3, -0.25) is 0 Å². The first kappa shape index (κ1) is 13.3. The van der Waals surface area contributed by atoms with Gasteiger partial charge in [0, 0.05) is 18.0 Å². The molecule has 0 radical (unpaired) electrons. The topological polar surface area (TPSA) is 46.0 Å². The fourth-order valence-corrected chi connectivity index (χ4v) is 2.17. The smallest absolute Gasteiger partial charge is 0.383 e. The number of thiazole rings is 1. The van der Waals surface area contributed by atoms with Crippen molar-refractivity contribution < 1.29 is 18.3 Å². The average molecular weight is 295 g/mol. The Balaban J connectivity index is 2.26. The van der Waals surface area contributed by atoms with Crippen molar-refractivity contribution in [2.75, 3.05) is 0 Å². The van der Waals surface area contributed by atoms with Gasteiger partial charge in [-0.2, -0.15) is 13.2 Å². The number of aliphatic hydroxyl groups is 1. The number of nitrogens with zero attached hydrogens (tertiary/aromatic N) is 2. The van der Waals surface area contributed by atoms with Gasteiger partial charge in [0.2, 0.25) is 0 Å². The Bertz CT molecular complexity index is 541. The lowest BCUT2D eigenvalue weighted by atomic mass is 10.1. The largest absolute Gasteiger partial charge is 0.443 e. The molecular formula is C10H6ClF3N2OS. The van der Waals surface area contributed by atoms with Gasteiger partial charge in [-0.15, -0.1) is 11.3 Å². The molecule has 1 N–H and O–H groups in total. The third-order valence-electron chi connectivity index (χ3n) is 2.10.